The normalized spacial score (nSPS) is 33.8. The third-order valence-electron chi connectivity index (χ3n) is 4.78. The number of aliphatic hydroxyl groups excluding tert-OH is 1. The molecule has 0 spiro atoms. The first-order valence-corrected chi connectivity index (χ1v) is 7.09. The number of benzene rings is 1. The minimum atomic E-state index is -4.59. The Hall–Kier alpha value is -1.18. The second-order valence-electron chi connectivity index (χ2n) is 6.26. The summed E-state index contributed by atoms with van der Waals surface area (Å²) in [7, 11) is 0. The molecule has 2 saturated heterocycles. The molecule has 2 bridgehead atoms. The summed E-state index contributed by atoms with van der Waals surface area (Å²) in [6.45, 7) is 1.72. The number of ether oxygens (including phenoxy) is 1. The lowest BCUT2D eigenvalue weighted by Crippen LogP contribution is -2.60. The molecule has 122 valence electrons. The van der Waals surface area contributed by atoms with Crippen molar-refractivity contribution in [1.29, 1.82) is 0 Å². The molecule has 22 heavy (non-hydrogen) atoms. The third kappa shape index (κ3) is 2.41. The Bertz CT molecular complexity index is 581. The van der Waals surface area contributed by atoms with Crippen LogP contribution >= 0.6 is 0 Å². The number of rotatable bonds is 4. The molecule has 0 radical (unpaired) electrons. The second kappa shape index (κ2) is 4.91. The molecule has 2 heterocycles. The molecule has 1 aromatic rings. The lowest BCUT2D eigenvalue weighted by atomic mass is 9.66. The number of alkyl halides is 3. The monoisotopic (exact) mass is 319 g/mol. The van der Waals surface area contributed by atoms with Crippen molar-refractivity contribution in [2.75, 3.05) is 6.61 Å². The molecule has 1 saturated carbocycles. The van der Waals surface area contributed by atoms with Crippen molar-refractivity contribution in [3.05, 3.63) is 35.1 Å². The third-order valence-corrected chi connectivity index (χ3v) is 4.78. The highest BCUT2D eigenvalue weighted by molar-refractivity contribution is 5.31. The number of halogens is 4. The van der Waals surface area contributed by atoms with Gasteiger partial charge in [0.15, 0.2) is 0 Å². The number of nitrogens with one attached hydrogen (secondary N) is 1. The zero-order valence-electron chi connectivity index (χ0n) is 12.0. The molecule has 2 aliphatic heterocycles. The highest BCUT2D eigenvalue weighted by Crippen LogP contribution is 2.55. The van der Waals surface area contributed by atoms with Crippen LogP contribution in [0.4, 0.5) is 17.6 Å². The van der Waals surface area contributed by atoms with Gasteiger partial charge in [0.1, 0.15) is 5.82 Å². The SMILES string of the molecule is CC1OC2(CO)CC1(NCc1ccc(F)cc1C(F)(F)F)C2. The summed E-state index contributed by atoms with van der Waals surface area (Å²) >= 11 is 0. The maximum Gasteiger partial charge on any atom is 0.416 e. The quantitative estimate of drug-likeness (QED) is 0.838. The van der Waals surface area contributed by atoms with Gasteiger partial charge in [-0.25, -0.2) is 4.39 Å². The van der Waals surface area contributed by atoms with Crippen LogP contribution in [0.2, 0.25) is 0 Å². The first-order chi connectivity index (χ1) is 10.2. The molecule has 2 N–H and O–H groups in total. The average molecular weight is 319 g/mol. The van der Waals surface area contributed by atoms with Crippen molar-refractivity contribution in [2.24, 2.45) is 0 Å². The molecule has 1 atom stereocenters. The van der Waals surface area contributed by atoms with E-state index in [9.17, 15) is 22.7 Å². The van der Waals surface area contributed by atoms with E-state index < -0.39 is 28.7 Å². The molecule has 1 aromatic carbocycles. The van der Waals surface area contributed by atoms with Crippen molar-refractivity contribution in [3.8, 4) is 0 Å². The number of hydrogen-bond donors (Lipinski definition) is 2. The van der Waals surface area contributed by atoms with Crippen LogP contribution in [-0.4, -0.2) is 29.0 Å². The summed E-state index contributed by atoms with van der Waals surface area (Å²) < 4.78 is 57.7. The van der Waals surface area contributed by atoms with Gasteiger partial charge in [0.2, 0.25) is 0 Å². The van der Waals surface area contributed by atoms with Gasteiger partial charge in [-0.1, -0.05) is 6.07 Å². The van der Waals surface area contributed by atoms with Crippen molar-refractivity contribution in [2.45, 2.75) is 49.7 Å². The van der Waals surface area contributed by atoms with Crippen LogP contribution in [0, 0.1) is 5.82 Å². The van der Waals surface area contributed by atoms with Crippen molar-refractivity contribution < 1.29 is 27.4 Å². The van der Waals surface area contributed by atoms with Gasteiger partial charge in [-0.15, -0.1) is 0 Å². The predicted octanol–water partition coefficient (Wildman–Crippen LogP) is 2.62. The molecule has 1 aliphatic carbocycles. The molecule has 1 unspecified atom stereocenters. The maximum atomic E-state index is 13.1. The maximum absolute atomic E-state index is 13.1. The van der Waals surface area contributed by atoms with Gasteiger partial charge in [0.05, 0.1) is 29.4 Å². The largest absolute Gasteiger partial charge is 0.416 e. The van der Waals surface area contributed by atoms with Crippen molar-refractivity contribution >= 4 is 0 Å². The van der Waals surface area contributed by atoms with Crippen LogP contribution in [0.15, 0.2) is 18.2 Å². The Balaban J connectivity index is 1.76. The predicted molar refractivity (Wildman–Crippen MR) is 70.6 cm³/mol. The van der Waals surface area contributed by atoms with E-state index in [0.29, 0.717) is 18.9 Å². The minimum absolute atomic E-state index is 0.00359. The first kappa shape index (κ1) is 15.7. The van der Waals surface area contributed by atoms with E-state index in [1.807, 2.05) is 6.92 Å². The summed E-state index contributed by atoms with van der Waals surface area (Å²) in [5, 5.41) is 12.4. The van der Waals surface area contributed by atoms with Gasteiger partial charge in [-0.05, 0) is 37.5 Å². The number of aliphatic hydroxyl groups is 1. The fourth-order valence-electron chi connectivity index (χ4n) is 3.61. The molecule has 7 heteroatoms. The van der Waals surface area contributed by atoms with Crippen LogP contribution in [-0.2, 0) is 17.5 Å². The highest BCUT2D eigenvalue weighted by Gasteiger charge is 2.65. The van der Waals surface area contributed by atoms with Crippen LogP contribution in [0.25, 0.3) is 0 Å². The zero-order valence-corrected chi connectivity index (χ0v) is 12.0. The van der Waals surface area contributed by atoms with Gasteiger partial charge >= 0.3 is 6.18 Å². The Labute approximate surface area is 125 Å². The molecular formula is C15H17F4NO2. The summed E-state index contributed by atoms with van der Waals surface area (Å²) in [6.07, 6.45) is -3.64. The first-order valence-electron chi connectivity index (χ1n) is 7.09. The summed E-state index contributed by atoms with van der Waals surface area (Å²) in [4.78, 5) is 0. The minimum Gasteiger partial charge on any atom is -0.393 e. The molecule has 3 nitrogen and oxygen atoms in total. The summed E-state index contributed by atoms with van der Waals surface area (Å²) in [6, 6.07) is 2.69. The topological polar surface area (TPSA) is 41.5 Å². The molecule has 4 rings (SSSR count). The van der Waals surface area contributed by atoms with E-state index in [-0.39, 0.29) is 24.8 Å². The zero-order chi connectivity index (χ0) is 16.2. The standard InChI is InChI=1S/C15H17F4NO2/c1-9-14(6-13(7-14,8-21)22-9)20-5-10-2-3-11(16)4-12(10)15(17,18)19/h2-4,9,20-21H,5-8H2,1H3. The molecular weight excluding hydrogens is 302 g/mol. The van der Waals surface area contributed by atoms with E-state index >= 15 is 0 Å². The second-order valence-corrected chi connectivity index (χ2v) is 6.26. The van der Waals surface area contributed by atoms with E-state index in [1.54, 1.807) is 0 Å². The fraction of sp³-hybridized carbons (Fsp3) is 0.600. The van der Waals surface area contributed by atoms with E-state index in [0.717, 1.165) is 12.1 Å². The lowest BCUT2D eigenvalue weighted by molar-refractivity contribution is -0.138. The molecule has 0 amide bonds. The average Bonchev–Trinajstić information content (AvgIpc) is 2.83. The van der Waals surface area contributed by atoms with Gasteiger partial charge < -0.3 is 15.2 Å². The Morgan fingerprint density at radius 3 is 2.59 bits per heavy atom. The summed E-state index contributed by atoms with van der Waals surface area (Å²) in [5.41, 5.74) is -1.93. The van der Waals surface area contributed by atoms with E-state index in [2.05, 4.69) is 5.32 Å². The number of hydrogen-bond acceptors (Lipinski definition) is 3. The number of fused-ring (bicyclic) bond motifs is 1. The van der Waals surface area contributed by atoms with Gasteiger partial charge in [-0.3, -0.25) is 0 Å². The van der Waals surface area contributed by atoms with Crippen LogP contribution in [0.5, 0.6) is 0 Å². The van der Waals surface area contributed by atoms with Crippen LogP contribution in [0.3, 0.4) is 0 Å². The molecule has 3 fully saturated rings. The van der Waals surface area contributed by atoms with Crippen LogP contribution < -0.4 is 5.32 Å². The van der Waals surface area contributed by atoms with Crippen LogP contribution in [0.1, 0.15) is 30.9 Å². The smallest absolute Gasteiger partial charge is 0.393 e. The molecule has 0 aromatic heterocycles. The van der Waals surface area contributed by atoms with Crippen molar-refractivity contribution in [1.82, 2.24) is 5.32 Å². The Morgan fingerprint density at radius 2 is 2.05 bits per heavy atom. The lowest BCUT2D eigenvalue weighted by Gasteiger charge is -2.45. The molecule has 3 aliphatic rings. The Kier molecular flexibility index (Phi) is 3.50. The van der Waals surface area contributed by atoms with Gasteiger partial charge in [-0.2, -0.15) is 13.2 Å². The van der Waals surface area contributed by atoms with Gasteiger partial charge in [0.25, 0.3) is 0 Å². The fourth-order valence-corrected chi connectivity index (χ4v) is 3.61. The van der Waals surface area contributed by atoms with Crippen molar-refractivity contribution in [3.63, 3.8) is 0 Å². The van der Waals surface area contributed by atoms with E-state index in [4.69, 9.17) is 4.74 Å². The Morgan fingerprint density at radius 1 is 1.36 bits per heavy atom. The highest BCUT2D eigenvalue weighted by atomic mass is 19.4. The summed E-state index contributed by atoms with van der Waals surface area (Å²) in [5.74, 6) is -0.908. The van der Waals surface area contributed by atoms with E-state index in [1.165, 1.54) is 0 Å². The van der Waals surface area contributed by atoms with Gasteiger partial charge in [0, 0.05) is 6.54 Å².